The van der Waals surface area contributed by atoms with Crippen LogP contribution in [0.4, 0.5) is 15.9 Å². The summed E-state index contributed by atoms with van der Waals surface area (Å²) in [5, 5.41) is 3.40. The Bertz CT molecular complexity index is 552. The van der Waals surface area contributed by atoms with Crippen molar-refractivity contribution in [2.24, 2.45) is 0 Å². The van der Waals surface area contributed by atoms with Crippen LogP contribution in [-0.4, -0.2) is 9.97 Å². The number of aryl methyl sites for hydroxylation is 2. The first-order chi connectivity index (χ1) is 8.56. The van der Waals surface area contributed by atoms with Crippen molar-refractivity contribution in [3.63, 3.8) is 0 Å². The molecule has 0 aliphatic carbocycles. The number of anilines is 2. The zero-order valence-corrected chi connectivity index (χ0v) is 10.9. The summed E-state index contributed by atoms with van der Waals surface area (Å²) in [5.74, 6) is 0.934. The summed E-state index contributed by atoms with van der Waals surface area (Å²) in [6.45, 7) is 3.78. The highest BCUT2D eigenvalue weighted by Crippen LogP contribution is 2.20. The third kappa shape index (κ3) is 3.17. The fourth-order valence-corrected chi connectivity index (χ4v) is 1.84. The Morgan fingerprint density at radius 1 is 1.22 bits per heavy atom. The number of nitrogens with zero attached hydrogens (tertiary/aromatic N) is 2. The second-order valence-electron chi connectivity index (χ2n) is 3.99. The molecule has 0 saturated heterocycles. The van der Waals surface area contributed by atoms with E-state index >= 15 is 0 Å². The van der Waals surface area contributed by atoms with Gasteiger partial charge < -0.3 is 5.32 Å². The quantitative estimate of drug-likeness (QED) is 0.856. The zero-order chi connectivity index (χ0) is 13.1. The molecule has 1 N–H and O–H groups in total. The van der Waals surface area contributed by atoms with E-state index in [1.165, 1.54) is 12.1 Å². The molecule has 0 atom stereocenters. The van der Waals surface area contributed by atoms with Gasteiger partial charge in [0.25, 0.3) is 0 Å². The van der Waals surface area contributed by atoms with E-state index in [-0.39, 0.29) is 5.82 Å². The average molecular weight is 266 g/mol. The van der Waals surface area contributed by atoms with Gasteiger partial charge in [0.2, 0.25) is 0 Å². The lowest BCUT2D eigenvalue weighted by Gasteiger charge is -2.08. The summed E-state index contributed by atoms with van der Waals surface area (Å²) in [4.78, 5) is 8.35. The Labute approximate surface area is 110 Å². The standard InChI is InChI=1S/C13H13ClFN3/c1-3-12-17-11(14)7-13(18-12)16-10-5-8(2)4-9(15)6-10/h4-7H,3H2,1-2H3,(H,16,17,18). The van der Waals surface area contributed by atoms with Crippen LogP contribution in [0.2, 0.25) is 5.15 Å². The molecule has 1 aromatic heterocycles. The number of hydrogen-bond acceptors (Lipinski definition) is 3. The molecule has 0 radical (unpaired) electrons. The van der Waals surface area contributed by atoms with Crippen LogP contribution >= 0.6 is 11.6 Å². The van der Waals surface area contributed by atoms with Crippen LogP contribution in [0.5, 0.6) is 0 Å². The number of hydrogen-bond donors (Lipinski definition) is 1. The van der Waals surface area contributed by atoms with Gasteiger partial charge in [-0.05, 0) is 30.7 Å². The molecule has 1 heterocycles. The van der Waals surface area contributed by atoms with Crippen molar-refractivity contribution in [3.05, 3.63) is 46.6 Å². The molecule has 0 bridgehead atoms. The van der Waals surface area contributed by atoms with E-state index in [1.54, 1.807) is 6.07 Å². The van der Waals surface area contributed by atoms with Crippen molar-refractivity contribution in [2.75, 3.05) is 5.32 Å². The molecule has 0 aliphatic rings. The summed E-state index contributed by atoms with van der Waals surface area (Å²) in [6.07, 6.45) is 0.692. The topological polar surface area (TPSA) is 37.8 Å². The molecule has 2 rings (SSSR count). The van der Waals surface area contributed by atoms with Gasteiger partial charge in [0, 0.05) is 18.2 Å². The van der Waals surface area contributed by atoms with Crippen LogP contribution < -0.4 is 5.32 Å². The normalized spacial score (nSPS) is 10.4. The molecular weight excluding hydrogens is 253 g/mol. The Balaban J connectivity index is 2.30. The highest BCUT2D eigenvalue weighted by atomic mass is 35.5. The van der Waals surface area contributed by atoms with Crippen molar-refractivity contribution < 1.29 is 4.39 Å². The molecule has 3 nitrogen and oxygen atoms in total. The summed E-state index contributed by atoms with van der Waals surface area (Å²) in [6, 6.07) is 6.33. The first kappa shape index (κ1) is 12.8. The number of halogens is 2. The fourth-order valence-electron chi connectivity index (χ4n) is 1.64. The number of nitrogens with one attached hydrogen (secondary N) is 1. The molecular formula is C13H13ClFN3. The van der Waals surface area contributed by atoms with Gasteiger partial charge in [0.15, 0.2) is 0 Å². The highest BCUT2D eigenvalue weighted by Gasteiger charge is 2.04. The minimum Gasteiger partial charge on any atom is -0.340 e. The Morgan fingerprint density at radius 3 is 2.67 bits per heavy atom. The maximum atomic E-state index is 13.3. The van der Waals surface area contributed by atoms with Gasteiger partial charge in [-0.25, -0.2) is 14.4 Å². The Hall–Kier alpha value is -1.68. The van der Waals surface area contributed by atoms with E-state index in [9.17, 15) is 4.39 Å². The van der Waals surface area contributed by atoms with Crippen LogP contribution in [0, 0.1) is 12.7 Å². The van der Waals surface area contributed by atoms with Gasteiger partial charge in [-0.1, -0.05) is 18.5 Å². The highest BCUT2D eigenvalue weighted by molar-refractivity contribution is 6.29. The van der Waals surface area contributed by atoms with Crippen molar-refractivity contribution in [2.45, 2.75) is 20.3 Å². The zero-order valence-electron chi connectivity index (χ0n) is 10.2. The number of benzene rings is 1. The van der Waals surface area contributed by atoms with E-state index in [2.05, 4.69) is 15.3 Å². The molecule has 0 amide bonds. The van der Waals surface area contributed by atoms with Crippen LogP contribution in [-0.2, 0) is 6.42 Å². The third-order valence-electron chi connectivity index (χ3n) is 2.37. The van der Waals surface area contributed by atoms with Crippen LogP contribution in [0.3, 0.4) is 0 Å². The maximum absolute atomic E-state index is 13.3. The predicted octanol–water partition coefficient (Wildman–Crippen LogP) is 3.88. The van der Waals surface area contributed by atoms with E-state index < -0.39 is 0 Å². The van der Waals surface area contributed by atoms with Crippen LogP contribution in [0.25, 0.3) is 0 Å². The third-order valence-corrected chi connectivity index (χ3v) is 2.57. The van der Waals surface area contributed by atoms with Crippen LogP contribution in [0.1, 0.15) is 18.3 Å². The maximum Gasteiger partial charge on any atom is 0.135 e. The minimum atomic E-state index is -0.284. The summed E-state index contributed by atoms with van der Waals surface area (Å²) in [7, 11) is 0. The average Bonchev–Trinajstić information content (AvgIpc) is 2.26. The van der Waals surface area contributed by atoms with Gasteiger partial charge in [-0.3, -0.25) is 0 Å². The van der Waals surface area contributed by atoms with Gasteiger partial charge >= 0.3 is 0 Å². The largest absolute Gasteiger partial charge is 0.340 e. The molecule has 18 heavy (non-hydrogen) atoms. The van der Waals surface area contributed by atoms with Gasteiger partial charge in [-0.2, -0.15) is 0 Å². The summed E-state index contributed by atoms with van der Waals surface area (Å²) < 4.78 is 13.3. The van der Waals surface area contributed by atoms with Crippen molar-refractivity contribution in [1.29, 1.82) is 0 Å². The molecule has 0 saturated carbocycles. The monoisotopic (exact) mass is 265 g/mol. The molecule has 94 valence electrons. The lowest BCUT2D eigenvalue weighted by atomic mass is 10.2. The smallest absolute Gasteiger partial charge is 0.135 e. The lowest BCUT2D eigenvalue weighted by molar-refractivity contribution is 0.627. The van der Waals surface area contributed by atoms with Gasteiger partial charge in [0.05, 0.1) is 0 Å². The van der Waals surface area contributed by atoms with E-state index in [4.69, 9.17) is 11.6 Å². The second kappa shape index (κ2) is 5.31. The molecule has 5 heteroatoms. The van der Waals surface area contributed by atoms with Gasteiger partial charge in [0.1, 0.15) is 22.6 Å². The molecule has 1 aromatic carbocycles. The number of aromatic nitrogens is 2. The molecule has 2 aromatic rings. The molecule has 0 aliphatic heterocycles. The first-order valence-electron chi connectivity index (χ1n) is 5.64. The van der Waals surface area contributed by atoms with Crippen molar-refractivity contribution >= 4 is 23.1 Å². The molecule has 0 spiro atoms. The Kier molecular flexibility index (Phi) is 3.77. The molecule has 0 unspecified atom stereocenters. The van der Waals surface area contributed by atoms with Crippen molar-refractivity contribution in [3.8, 4) is 0 Å². The SMILES string of the molecule is CCc1nc(Cl)cc(Nc2cc(C)cc(F)c2)n1. The van der Waals surface area contributed by atoms with E-state index in [0.717, 1.165) is 5.56 Å². The lowest BCUT2D eigenvalue weighted by Crippen LogP contribution is -2.00. The van der Waals surface area contributed by atoms with Gasteiger partial charge in [-0.15, -0.1) is 0 Å². The van der Waals surface area contributed by atoms with E-state index in [1.807, 2.05) is 19.9 Å². The summed E-state index contributed by atoms with van der Waals surface area (Å²) >= 11 is 5.89. The molecule has 0 fully saturated rings. The summed E-state index contributed by atoms with van der Waals surface area (Å²) in [5.41, 5.74) is 1.48. The Morgan fingerprint density at radius 2 is 2.00 bits per heavy atom. The first-order valence-corrected chi connectivity index (χ1v) is 6.02. The minimum absolute atomic E-state index is 0.284. The van der Waals surface area contributed by atoms with Crippen molar-refractivity contribution in [1.82, 2.24) is 9.97 Å². The van der Waals surface area contributed by atoms with Crippen LogP contribution in [0.15, 0.2) is 24.3 Å². The predicted molar refractivity (Wildman–Crippen MR) is 70.8 cm³/mol. The number of rotatable bonds is 3. The van der Waals surface area contributed by atoms with E-state index in [0.29, 0.717) is 28.9 Å². The second-order valence-corrected chi connectivity index (χ2v) is 4.38. The fraction of sp³-hybridized carbons (Fsp3) is 0.231.